The number of thiophene rings is 1. The molecule has 1 fully saturated rings. The molecule has 4 heteroatoms. The van der Waals surface area contributed by atoms with Gasteiger partial charge in [-0.15, -0.1) is 11.3 Å². The Morgan fingerprint density at radius 3 is 3.00 bits per heavy atom. The molecule has 0 saturated carbocycles. The van der Waals surface area contributed by atoms with Crippen LogP contribution in [0.15, 0.2) is 12.1 Å². The van der Waals surface area contributed by atoms with Crippen LogP contribution in [0.25, 0.3) is 0 Å². The molecule has 2 heterocycles. The minimum absolute atomic E-state index is 0.165. The fourth-order valence-corrected chi connectivity index (χ4v) is 3.03. The van der Waals surface area contributed by atoms with E-state index in [4.69, 9.17) is 22.1 Å². The van der Waals surface area contributed by atoms with Gasteiger partial charge in [0.1, 0.15) is 5.60 Å². The van der Waals surface area contributed by atoms with Crippen LogP contribution < -0.4 is 5.73 Å². The summed E-state index contributed by atoms with van der Waals surface area (Å²) in [5.74, 6) is 0. The minimum Gasteiger partial charge on any atom is -0.365 e. The molecule has 2 rings (SSSR count). The van der Waals surface area contributed by atoms with Crippen molar-refractivity contribution in [1.82, 2.24) is 0 Å². The molecule has 0 bridgehead atoms. The summed E-state index contributed by atoms with van der Waals surface area (Å²) >= 11 is 7.51. The van der Waals surface area contributed by atoms with Crippen LogP contribution in [-0.4, -0.2) is 12.6 Å². The first-order valence-corrected chi connectivity index (χ1v) is 5.97. The van der Waals surface area contributed by atoms with Crippen molar-refractivity contribution in [2.24, 2.45) is 5.73 Å². The van der Waals surface area contributed by atoms with Crippen LogP contribution in [0.2, 0.25) is 4.34 Å². The van der Waals surface area contributed by atoms with Gasteiger partial charge in [0.25, 0.3) is 0 Å². The van der Waals surface area contributed by atoms with Gasteiger partial charge in [0.05, 0.1) is 10.4 Å². The lowest BCUT2D eigenvalue weighted by molar-refractivity contribution is -0.0257. The van der Waals surface area contributed by atoms with E-state index in [2.05, 4.69) is 6.92 Å². The van der Waals surface area contributed by atoms with Gasteiger partial charge in [0.15, 0.2) is 0 Å². The highest BCUT2D eigenvalue weighted by atomic mass is 35.5. The van der Waals surface area contributed by atoms with Gasteiger partial charge in [-0.1, -0.05) is 11.6 Å². The molecule has 2 unspecified atom stereocenters. The number of rotatable bonds is 2. The Morgan fingerprint density at radius 1 is 1.71 bits per heavy atom. The molecule has 0 aromatic carbocycles. The Hall–Kier alpha value is -0.0900. The van der Waals surface area contributed by atoms with Gasteiger partial charge >= 0.3 is 0 Å². The summed E-state index contributed by atoms with van der Waals surface area (Å²) in [4.78, 5) is 1.21. The number of halogens is 1. The zero-order valence-electron chi connectivity index (χ0n) is 8.13. The average Bonchev–Trinajstić information content (AvgIpc) is 2.73. The summed E-state index contributed by atoms with van der Waals surface area (Å²) in [5.41, 5.74) is 5.43. The number of hydrogen-bond acceptors (Lipinski definition) is 3. The van der Waals surface area contributed by atoms with Crippen LogP contribution in [0, 0.1) is 0 Å². The lowest BCUT2D eigenvalue weighted by Gasteiger charge is -2.23. The van der Waals surface area contributed by atoms with E-state index in [1.807, 2.05) is 12.1 Å². The molecule has 0 radical (unpaired) electrons. The van der Waals surface area contributed by atoms with Gasteiger partial charge in [-0.2, -0.15) is 0 Å². The smallest absolute Gasteiger partial charge is 0.100 e. The molecule has 2 N–H and O–H groups in total. The molecule has 1 saturated heterocycles. The predicted molar refractivity (Wildman–Crippen MR) is 59.8 cm³/mol. The molecule has 1 aromatic rings. The molecular formula is C10H14ClNOS. The highest BCUT2D eigenvalue weighted by Crippen LogP contribution is 2.42. The van der Waals surface area contributed by atoms with E-state index >= 15 is 0 Å². The fraction of sp³-hybridized carbons (Fsp3) is 0.600. The second-order valence-electron chi connectivity index (χ2n) is 3.85. The van der Waals surface area contributed by atoms with Crippen LogP contribution in [0.4, 0.5) is 0 Å². The summed E-state index contributed by atoms with van der Waals surface area (Å²) in [6.45, 7) is 2.72. The van der Waals surface area contributed by atoms with E-state index in [1.165, 1.54) is 4.88 Å². The van der Waals surface area contributed by atoms with Crippen molar-refractivity contribution >= 4 is 22.9 Å². The first-order chi connectivity index (χ1) is 6.64. The summed E-state index contributed by atoms with van der Waals surface area (Å²) in [7, 11) is 0. The highest BCUT2D eigenvalue weighted by molar-refractivity contribution is 7.16. The molecular weight excluding hydrogens is 218 g/mol. The standard InChI is InChI=1S/C10H14ClNOS/c1-10(5-4-7(6-12)13-10)8-2-3-9(11)14-8/h2-3,7H,4-6,12H2,1H3. The Kier molecular flexibility index (Phi) is 2.84. The van der Waals surface area contributed by atoms with E-state index in [0.29, 0.717) is 6.54 Å². The molecule has 0 amide bonds. The van der Waals surface area contributed by atoms with E-state index < -0.39 is 0 Å². The van der Waals surface area contributed by atoms with Crippen molar-refractivity contribution in [1.29, 1.82) is 0 Å². The van der Waals surface area contributed by atoms with Crippen molar-refractivity contribution in [3.05, 3.63) is 21.3 Å². The summed E-state index contributed by atoms with van der Waals surface area (Å²) in [5, 5.41) is 0. The first kappa shape index (κ1) is 10.4. The predicted octanol–water partition coefficient (Wildman–Crippen LogP) is 2.75. The van der Waals surface area contributed by atoms with Crippen LogP contribution in [-0.2, 0) is 10.3 Å². The van der Waals surface area contributed by atoms with Crippen molar-refractivity contribution in [3.63, 3.8) is 0 Å². The Labute approximate surface area is 93.0 Å². The van der Waals surface area contributed by atoms with E-state index in [0.717, 1.165) is 17.2 Å². The number of nitrogens with two attached hydrogens (primary N) is 1. The Morgan fingerprint density at radius 2 is 2.50 bits per heavy atom. The Balaban J connectivity index is 2.18. The molecule has 1 aliphatic heterocycles. The molecule has 2 nitrogen and oxygen atoms in total. The molecule has 0 spiro atoms. The lowest BCUT2D eigenvalue weighted by Crippen LogP contribution is -2.25. The van der Waals surface area contributed by atoms with Crippen molar-refractivity contribution in [2.75, 3.05) is 6.54 Å². The molecule has 2 atom stereocenters. The number of hydrogen-bond donors (Lipinski definition) is 1. The Bertz CT molecular complexity index is 328. The molecule has 1 aliphatic rings. The van der Waals surface area contributed by atoms with E-state index in [1.54, 1.807) is 11.3 Å². The molecule has 14 heavy (non-hydrogen) atoms. The zero-order valence-corrected chi connectivity index (χ0v) is 9.70. The van der Waals surface area contributed by atoms with Crippen LogP contribution in [0.1, 0.15) is 24.6 Å². The van der Waals surface area contributed by atoms with Gasteiger partial charge < -0.3 is 10.5 Å². The third kappa shape index (κ3) is 1.82. The van der Waals surface area contributed by atoms with E-state index in [-0.39, 0.29) is 11.7 Å². The van der Waals surface area contributed by atoms with Gasteiger partial charge in [-0.25, -0.2) is 0 Å². The second-order valence-corrected chi connectivity index (χ2v) is 5.56. The van der Waals surface area contributed by atoms with Gasteiger partial charge in [0.2, 0.25) is 0 Å². The van der Waals surface area contributed by atoms with Gasteiger partial charge in [-0.05, 0) is 31.9 Å². The van der Waals surface area contributed by atoms with Crippen LogP contribution in [0.5, 0.6) is 0 Å². The quantitative estimate of drug-likeness (QED) is 0.850. The molecule has 78 valence electrons. The monoisotopic (exact) mass is 231 g/mol. The van der Waals surface area contributed by atoms with Crippen LogP contribution in [0.3, 0.4) is 0 Å². The number of ether oxygens (including phenoxy) is 1. The third-order valence-corrected chi connectivity index (χ3v) is 4.20. The fourth-order valence-electron chi connectivity index (χ4n) is 1.87. The summed E-state index contributed by atoms with van der Waals surface area (Å²) in [6.07, 6.45) is 2.29. The average molecular weight is 232 g/mol. The SMILES string of the molecule is CC1(c2ccc(Cl)s2)CCC(CN)O1. The third-order valence-electron chi connectivity index (χ3n) is 2.73. The van der Waals surface area contributed by atoms with Crippen molar-refractivity contribution in [3.8, 4) is 0 Å². The maximum atomic E-state index is 5.92. The van der Waals surface area contributed by atoms with E-state index in [9.17, 15) is 0 Å². The van der Waals surface area contributed by atoms with Crippen molar-refractivity contribution in [2.45, 2.75) is 31.5 Å². The second kappa shape index (κ2) is 3.81. The van der Waals surface area contributed by atoms with Crippen LogP contribution >= 0.6 is 22.9 Å². The van der Waals surface area contributed by atoms with Gasteiger partial charge in [0, 0.05) is 11.4 Å². The minimum atomic E-state index is -0.165. The largest absolute Gasteiger partial charge is 0.365 e. The summed E-state index contributed by atoms with van der Waals surface area (Å²) in [6, 6.07) is 3.97. The first-order valence-electron chi connectivity index (χ1n) is 4.78. The molecule has 0 aliphatic carbocycles. The zero-order chi connectivity index (χ0) is 10.2. The topological polar surface area (TPSA) is 35.2 Å². The maximum absolute atomic E-state index is 5.92. The highest BCUT2D eigenvalue weighted by Gasteiger charge is 2.37. The summed E-state index contributed by atoms with van der Waals surface area (Å²) < 4.78 is 6.74. The lowest BCUT2D eigenvalue weighted by atomic mass is 10.0. The van der Waals surface area contributed by atoms with Gasteiger partial charge in [-0.3, -0.25) is 0 Å². The maximum Gasteiger partial charge on any atom is 0.100 e. The normalized spacial score (nSPS) is 32.4. The van der Waals surface area contributed by atoms with Crippen molar-refractivity contribution < 1.29 is 4.74 Å². The molecule has 1 aromatic heterocycles.